The molecule has 2 amide bonds. The predicted octanol–water partition coefficient (Wildman–Crippen LogP) is 2.77. The lowest BCUT2D eigenvalue weighted by molar-refractivity contribution is 0.190. The Morgan fingerprint density at radius 1 is 1.16 bits per heavy atom. The molecule has 1 atom stereocenters. The molecule has 6 nitrogen and oxygen atoms in total. The van der Waals surface area contributed by atoms with Crippen molar-refractivity contribution in [3.63, 3.8) is 0 Å². The van der Waals surface area contributed by atoms with Crippen molar-refractivity contribution in [2.45, 2.75) is 26.3 Å². The van der Waals surface area contributed by atoms with Gasteiger partial charge < -0.3 is 15.1 Å². The van der Waals surface area contributed by atoms with E-state index >= 15 is 0 Å². The lowest BCUT2D eigenvalue weighted by atomic mass is 10.1. The van der Waals surface area contributed by atoms with Gasteiger partial charge in [-0.3, -0.25) is 0 Å². The van der Waals surface area contributed by atoms with E-state index in [2.05, 4.69) is 27.1 Å². The second-order valence-electron chi connectivity index (χ2n) is 6.36. The van der Waals surface area contributed by atoms with Crippen molar-refractivity contribution < 1.29 is 4.79 Å². The highest BCUT2D eigenvalue weighted by Gasteiger charge is 2.22. The fourth-order valence-electron chi connectivity index (χ4n) is 2.83. The van der Waals surface area contributed by atoms with Crippen molar-refractivity contribution in [3.05, 3.63) is 42.7 Å². The van der Waals surface area contributed by atoms with Gasteiger partial charge in [0.2, 0.25) is 0 Å². The number of piperazine rings is 1. The number of rotatable bonds is 4. The summed E-state index contributed by atoms with van der Waals surface area (Å²) in [6.07, 6.45) is 2.55. The number of aromatic nitrogens is 2. The van der Waals surface area contributed by atoms with E-state index in [0.29, 0.717) is 13.1 Å². The van der Waals surface area contributed by atoms with Crippen molar-refractivity contribution in [2.24, 2.45) is 0 Å². The highest BCUT2D eigenvalue weighted by Crippen LogP contribution is 2.21. The lowest BCUT2D eigenvalue weighted by Gasteiger charge is -2.35. The van der Waals surface area contributed by atoms with E-state index in [1.165, 1.54) is 0 Å². The number of hydrogen-bond acceptors (Lipinski definition) is 4. The molecule has 0 saturated carbocycles. The average molecular weight is 339 g/mol. The molecule has 2 aromatic rings. The minimum atomic E-state index is 0.0293. The van der Waals surface area contributed by atoms with Gasteiger partial charge in [-0.25, -0.2) is 14.8 Å². The summed E-state index contributed by atoms with van der Waals surface area (Å²) in [6.45, 7) is 7.06. The summed E-state index contributed by atoms with van der Waals surface area (Å²) in [4.78, 5) is 25.1. The van der Waals surface area contributed by atoms with Crippen LogP contribution >= 0.6 is 0 Å². The topological polar surface area (TPSA) is 61.4 Å². The van der Waals surface area contributed by atoms with E-state index < -0.39 is 0 Å². The SMILES string of the molecule is CCC(C)NC(=O)N1CCN(c2cc(-c3ccccc3)ncn2)CC1. The number of nitrogens with one attached hydrogen (secondary N) is 1. The van der Waals surface area contributed by atoms with Crippen LogP contribution < -0.4 is 10.2 Å². The van der Waals surface area contributed by atoms with Gasteiger partial charge in [-0.15, -0.1) is 0 Å². The molecule has 1 aromatic carbocycles. The van der Waals surface area contributed by atoms with Gasteiger partial charge in [-0.05, 0) is 13.3 Å². The summed E-state index contributed by atoms with van der Waals surface area (Å²) < 4.78 is 0. The molecule has 2 heterocycles. The van der Waals surface area contributed by atoms with E-state index in [0.717, 1.165) is 36.6 Å². The van der Waals surface area contributed by atoms with E-state index in [1.54, 1.807) is 6.33 Å². The maximum atomic E-state index is 12.2. The average Bonchev–Trinajstić information content (AvgIpc) is 2.68. The first-order chi connectivity index (χ1) is 12.2. The second-order valence-corrected chi connectivity index (χ2v) is 6.36. The van der Waals surface area contributed by atoms with Crippen LogP contribution in [-0.2, 0) is 0 Å². The van der Waals surface area contributed by atoms with E-state index in [9.17, 15) is 4.79 Å². The highest BCUT2D eigenvalue weighted by molar-refractivity contribution is 5.75. The third-order valence-electron chi connectivity index (χ3n) is 4.60. The Balaban J connectivity index is 1.63. The van der Waals surface area contributed by atoms with Gasteiger partial charge in [-0.1, -0.05) is 37.3 Å². The maximum absolute atomic E-state index is 12.2. The Bertz CT molecular complexity index is 698. The quantitative estimate of drug-likeness (QED) is 0.930. The fraction of sp³-hybridized carbons (Fsp3) is 0.421. The minimum Gasteiger partial charge on any atom is -0.353 e. The van der Waals surface area contributed by atoms with Crippen LogP contribution in [-0.4, -0.2) is 53.1 Å². The Kier molecular flexibility index (Phi) is 5.48. The molecule has 1 unspecified atom stereocenters. The second kappa shape index (κ2) is 7.96. The van der Waals surface area contributed by atoms with Gasteiger partial charge in [0, 0.05) is 43.9 Å². The number of urea groups is 1. The van der Waals surface area contributed by atoms with Crippen LogP contribution in [0.5, 0.6) is 0 Å². The Hall–Kier alpha value is -2.63. The molecule has 25 heavy (non-hydrogen) atoms. The van der Waals surface area contributed by atoms with Crippen LogP contribution in [0, 0.1) is 0 Å². The van der Waals surface area contributed by atoms with Crippen molar-refractivity contribution in [1.82, 2.24) is 20.2 Å². The largest absolute Gasteiger partial charge is 0.353 e. The molecule has 1 aliphatic heterocycles. The number of carbonyl (C=O) groups is 1. The molecule has 1 N–H and O–H groups in total. The van der Waals surface area contributed by atoms with Crippen LogP contribution in [0.4, 0.5) is 10.6 Å². The van der Waals surface area contributed by atoms with Gasteiger partial charge in [-0.2, -0.15) is 0 Å². The Morgan fingerprint density at radius 3 is 2.56 bits per heavy atom. The van der Waals surface area contributed by atoms with Gasteiger partial charge in [0.25, 0.3) is 0 Å². The van der Waals surface area contributed by atoms with Crippen LogP contribution in [0.25, 0.3) is 11.3 Å². The monoisotopic (exact) mass is 339 g/mol. The van der Waals surface area contributed by atoms with Crippen molar-refractivity contribution in [1.29, 1.82) is 0 Å². The lowest BCUT2D eigenvalue weighted by Crippen LogP contribution is -2.53. The van der Waals surface area contributed by atoms with E-state index in [4.69, 9.17) is 0 Å². The highest BCUT2D eigenvalue weighted by atomic mass is 16.2. The molecule has 1 aromatic heterocycles. The van der Waals surface area contributed by atoms with Crippen LogP contribution in [0.2, 0.25) is 0 Å². The van der Waals surface area contributed by atoms with Gasteiger partial charge >= 0.3 is 6.03 Å². The smallest absolute Gasteiger partial charge is 0.317 e. The van der Waals surface area contributed by atoms with Crippen LogP contribution in [0.1, 0.15) is 20.3 Å². The first-order valence-electron chi connectivity index (χ1n) is 8.85. The van der Waals surface area contributed by atoms with Crippen LogP contribution in [0.3, 0.4) is 0 Å². The molecule has 0 aliphatic carbocycles. The number of anilines is 1. The zero-order chi connectivity index (χ0) is 17.6. The van der Waals surface area contributed by atoms with Gasteiger partial charge in [0.05, 0.1) is 5.69 Å². The molecule has 1 aliphatic rings. The summed E-state index contributed by atoms with van der Waals surface area (Å²) in [5.41, 5.74) is 2.00. The fourth-order valence-corrected chi connectivity index (χ4v) is 2.83. The molecular formula is C19H25N5O. The number of benzene rings is 1. The normalized spacial score (nSPS) is 15.8. The summed E-state index contributed by atoms with van der Waals surface area (Å²) in [7, 11) is 0. The third-order valence-corrected chi connectivity index (χ3v) is 4.60. The molecule has 0 spiro atoms. The van der Waals surface area contributed by atoms with Crippen molar-refractivity contribution in [3.8, 4) is 11.3 Å². The molecule has 1 fully saturated rings. The Morgan fingerprint density at radius 2 is 1.88 bits per heavy atom. The minimum absolute atomic E-state index is 0.0293. The molecule has 0 bridgehead atoms. The summed E-state index contributed by atoms with van der Waals surface area (Å²) >= 11 is 0. The summed E-state index contributed by atoms with van der Waals surface area (Å²) in [6, 6.07) is 12.4. The van der Waals surface area contributed by atoms with E-state index in [1.807, 2.05) is 48.2 Å². The first-order valence-corrected chi connectivity index (χ1v) is 8.85. The first kappa shape index (κ1) is 17.2. The van der Waals surface area contributed by atoms with Crippen LogP contribution in [0.15, 0.2) is 42.7 Å². The predicted molar refractivity (Wildman–Crippen MR) is 99.5 cm³/mol. The number of carbonyl (C=O) groups excluding carboxylic acids is 1. The van der Waals surface area contributed by atoms with Crippen molar-refractivity contribution in [2.75, 3.05) is 31.1 Å². The molecule has 132 valence electrons. The Labute approximate surface area is 148 Å². The number of amides is 2. The summed E-state index contributed by atoms with van der Waals surface area (Å²) in [5.74, 6) is 0.913. The summed E-state index contributed by atoms with van der Waals surface area (Å²) in [5, 5.41) is 3.03. The third kappa shape index (κ3) is 4.26. The van der Waals surface area contributed by atoms with Gasteiger partial charge in [0.15, 0.2) is 0 Å². The zero-order valence-corrected chi connectivity index (χ0v) is 14.9. The number of nitrogens with zero attached hydrogens (tertiary/aromatic N) is 4. The van der Waals surface area contributed by atoms with E-state index in [-0.39, 0.29) is 12.1 Å². The molecule has 6 heteroatoms. The standard InChI is InChI=1S/C19H25N5O/c1-3-15(2)22-19(25)24-11-9-23(10-12-24)18-13-17(20-14-21-18)16-7-5-4-6-8-16/h4-8,13-15H,3,9-12H2,1-2H3,(H,22,25). The molecule has 3 rings (SSSR count). The number of hydrogen-bond donors (Lipinski definition) is 1. The molecule has 0 radical (unpaired) electrons. The molecule has 1 saturated heterocycles. The molecular weight excluding hydrogens is 314 g/mol. The maximum Gasteiger partial charge on any atom is 0.317 e. The zero-order valence-electron chi connectivity index (χ0n) is 14.9. The van der Waals surface area contributed by atoms with Crippen molar-refractivity contribution >= 4 is 11.8 Å². The van der Waals surface area contributed by atoms with Gasteiger partial charge in [0.1, 0.15) is 12.1 Å².